The molecule has 1 aromatic rings. The van der Waals surface area contributed by atoms with Crippen LogP contribution >= 0.6 is 11.6 Å². The Morgan fingerprint density at radius 3 is 2.05 bits per heavy atom. The molecule has 22 heavy (non-hydrogen) atoms. The van der Waals surface area contributed by atoms with E-state index in [4.69, 9.17) is 38.4 Å². The van der Waals surface area contributed by atoms with Gasteiger partial charge in [0.05, 0.1) is 5.02 Å². The van der Waals surface area contributed by atoms with Crippen molar-refractivity contribution >= 4 is 23.5 Å². The highest BCUT2D eigenvalue weighted by molar-refractivity contribution is 6.32. The summed E-state index contributed by atoms with van der Waals surface area (Å²) in [5, 5.41) is 26.1. The minimum atomic E-state index is -1.06. The first-order chi connectivity index (χ1) is 10.1. The molecule has 0 radical (unpaired) electrons. The van der Waals surface area contributed by atoms with Gasteiger partial charge in [0.1, 0.15) is 17.8 Å². The Balaban J connectivity index is 0.000000472. The number of phenolic OH excluding ortho intramolecular Hbond substituents is 1. The maximum Gasteiger partial charge on any atom is 0.320 e. The number of rotatable bonds is 5. The number of phenols is 1. The summed E-state index contributed by atoms with van der Waals surface area (Å²) in [7, 11) is 0. The first-order valence-electron chi connectivity index (χ1n) is 6.50. The van der Waals surface area contributed by atoms with Crippen LogP contribution in [0.1, 0.15) is 19.4 Å². The van der Waals surface area contributed by atoms with E-state index in [1.807, 2.05) is 0 Å². The van der Waals surface area contributed by atoms with Crippen molar-refractivity contribution in [1.82, 2.24) is 0 Å². The number of carboxylic acids is 2. The fourth-order valence-electron chi connectivity index (χ4n) is 1.30. The normalized spacial score (nSPS) is 13.0. The van der Waals surface area contributed by atoms with Crippen LogP contribution in [0.5, 0.6) is 5.75 Å². The average molecular weight is 333 g/mol. The molecule has 0 bridgehead atoms. The fraction of sp³-hybridized carbons (Fsp3) is 0.429. The molecule has 1 aromatic carbocycles. The molecular formula is C14H21ClN2O5. The number of halogens is 1. The SMILES string of the molecule is CC(C)C(N)C(=O)O.NC(Cc1ccc(O)c(Cl)c1)C(=O)O. The molecule has 1 rings (SSSR count). The molecule has 0 aliphatic carbocycles. The lowest BCUT2D eigenvalue weighted by Gasteiger charge is -2.07. The largest absolute Gasteiger partial charge is 0.506 e. The van der Waals surface area contributed by atoms with Gasteiger partial charge in [0.2, 0.25) is 0 Å². The summed E-state index contributed by atoms with van der Waals surface area (Å²) >= 11 is 5.64. The zero-order valence-electron chi connectivity index (χ0n) is 12.4. The minimum Gasteiger partial charge on any atom is -0.506 e. The van der Waals surface area contributed by atoms with E-state index >= 15 is 0 Å². The van der Waals surface area contributed by atoms with Crippen LogP contribution in [0.25, 0.3) is 0 Å². The van der Waals surface area contributed by atoms with Crippen molar-refractivity contribution in [2.75, 3.05) is 0 Å². The molecule has 0 saturated heterocycles. The number of hydrogen-bond donors (Lipinski definition) is 5. The summed E-state index contributed by atoms with van der Waals surface area (Å²) in [5.41, 5.74) is 11.2. The molecular weight excluding hydrogens is 312 g/mol. The van der Waals surface area contributed by atoms with Crippen molar-refractivity contribution in [2.24, 2.45) is 17.4 Å². The van der Waals surface area contributed by atoms with Gasteiger partial charge in [0, 0.05) is 0 Å². The molecule has 0 spiro atoms. The number of carboxylic acid groups (broad SMARTS) is 2. The molecule has 0 aliphatic rings. The first kappa shape index (κ1) is 20.2. The van der Waals surface area contributed by atoms with Gasteiger partial charge >= 0.3 is 11.9 Å². The van der Waals surface area contributed by atoms with E-state index in [0.717, 1.165) is 0 Å². The second-order valence-electron chi connectivity index (χ2n) is 5.04. The van der Waals surface area contributed by atoms with E-state index in [1.54, 1.807) is 19.9 Å². The van der Waals surface area contributed by atoms with E-state index in [9.17, 15) is 9.59 Å². The molecule has 0 saturated carbocycles. The summed E-state index contributed by atoms with van der Waals surface area (Å²) in [6, 6.07) is 2.83. The van der Waals surface area contributed by atoms with Crippen LogP contribution in [0.3, 0.4) is 0 Å². The van der Waals surface area contributed by atoms with Gasteiger partial charge in [-0.15, -0.1) is 0 Å². The van der Waals surface area contributed by atoms with Crippen LogP contribution in [0.2, 0.25) is 5.02 Å². The molecule has 2 unspecified atom stereocenters. The van der Waals surface area contributed by atoms with E-state index in [1.165, 1.54) is 12.1 Å². The Morgan fingerprint density at radius 1 is 1.18 bits per heavy atom. The van der Waals surface area contributed by atoms with Gasteiger partial charge in [-0.25, -0.2) is 0 Å². The number of aliphatic carboxylic acids is 2. The van der Waals surface area contributed by atoms with Crippen molar-refractivity contribution in [3.63, 3.8) is 0 Å². The maximum atomic E-state index is 10.4. The van der Waals surface area contributed by atoms with Crippen LogP contribution < -0.4 is 11.5 Å². The molecule has 7 N–H and O–H groups in total. The third kappa shape index (κ3) is 7.26. The van der Waals surface area contributed by atoms with E-state index in [0.29, 0.717) is 5.56 Å². The summed E-state index contributed by atoms with van der Waals surface area (Å²) in [5.74, 6) is -2.00. The monoisotopic (exact) mass is 332 g/mol. The molecule has 8 heteroatoms. The Kier molecular flexibility index (Phi) is 8.47. The Bertz CT molecular complexity index is 522. The second-order valence-corrected chi connectivity index (χ2v) is 5.45. The summed E-state index contributed by atoms with van der Waals surface area (Å²) in [6.45, 7) is 3.55. The molecule has 0 amide bonds. The lowest BCUT2D eigenvalue weighted by Crippen LogP contribution is -2.34. The summed E-state index contributed by atoms with van der Waals surface area (Å²) < 4.78 is 0. The van der Waals surface area contributed by atoms with Crippen LogP contribution in [0.15, 0.2) is 18.2 Å². The molecule has 124 valence electrons. The lowest BCUT2D eigenvalue weighted by atomic mass is 10.1. The van der Waals surface area contributed by atoms with E-state index in [2.05, 4.69) is 0 Å². The third-order valence-electron chi connectivity index (χ3n) is 2.79. The number of carbonyl (C=O) groups is 2. The van der Waals surface area contributed by atoms with Gasteiger partial charge in [-0.1, -0.05) is 31.5 Å². The average Bonchev–Trinajstić information content (AvgIpc) is 2.42. The highest BCUT2D eigenvalue weighted by atomic mass is 35.5. The van der Waals surface area contributed by atoms with Crippen LogP contribution in [-0.2, 0) is 16.0 Å². The molecule has 0 heterocycles. The van der Waals surface area contributed by atoms with Gasteiger partial charge < -0.3 is 26.8 Å². The van der Waals surface area contributed by atoms with E-state index in [-0.39, 0.29) is 23.1 Å². The number of benzene rings is 1. The van der Waals surface area contributed by atoms with Gasteiger partial charge in [0.25, 0.3) is 0 Å². The highest BCUT2D eigenvalue weighted by Crippen LogP contribution is 2.23. The Morgan fingerprint density at radius 2 is 1.73 bits per heavy atom. The number of hydrogen-bond acceptors (Lipinski definition) is 5. The standard InChI is InChI=1S/C9H10ClNO3.C5H11NO2/c10-6-3-5(1-2-8(6)12)4-7(11)9(13)14;1-3(2)4(6)5(7)8/h1-3,7,12H,4,11H2,(H,13,14);3-4H,6H2,1-2H3,(H,7,8). The highest BCUT2D eigenvalue weighted by Gasteiger charge is 2.14. The number of nitrogens with two attached hydrogens (primary N) is 2. The summed E-state index contributed by atoms with van der Waals surface area (Å²) in [6.07, 6.45) is 0.190. The smallest absolute Gasteiger partial charge is 0.320 e. The van der Waals surface area contributed by atoms with Gasteiger partial charge in [-0.3, -0.25) is 9.59 Å². The van der Waals surface area contributed by atoms with Crippen molar-refractivity contribution in [2.45, 2.75) is 32.4 Å². The van der Waals surface area contributed by atoms with Crippen molar-refractivity contribution in [3.05, 3.63) is 28.8 Å². The van der Waals surface area contributed by atoms with Crippen molar-refractivity contribution in [1.29, 1.82) is 0 Å². The van der Waals surface area contributed by atoms with Crippen LogP contribution in [0, 0.1) is 5.92 Å². The summed E-state index contributed by atoms with van der Waals surface area (Å²) in [4.78, 5) is 20.5. The lowest BCUT2D eigenvalue weighted by molar-refractivity contribution is -0.140. The molecule has 0 aliphatic heterocycles. The second kappa shape index (κ2) is 9.24. The third-order valence-corrected chi connectivity index (χ3v) is 3.09. The van der Waals surface area contributed by atoms with Crippen molar-refractivity contribution < 1.29 is 24.9 Å². The Labute approximate surface area is 133 Å². The van der Waals surface area contributed by atoms with Gasteiger partial charge in [-0.05, 0) is 30.0 Å². The maximum absolute atomic E-state index is 10.4. The molecule has 2 atom stereocenters. The predicted molar refractivity (Wildman–Crippen MR) is 82.9 cm³/mol. The predicted octanol–water partition coefficient (Wildman–Crippen LogP) is 1.05. The van der Waals surface area contributed by atoms with Crippen molar-refractivity contribution in [3.8, 4) is 5.75 Å². The van der Waals surface area contributed by atoms with Gasteiger partial charge in [-0.2, -0.15) is 0 Å². The fourth-order valence-corrected chi connectivity index (χ4v) is 1.51. The zero-order chi connectivity index (χ0) is 17.4. The molecule has 0 fully saturated rings. The molecule has 0 aromatic heterocycles. The topological polar surface area (TPSA) is 147 Å². The quantitative estimate of drug-likeness (QED) is 0.541. The Hall–Kier alpha value is -1.83. The number of aromatic hydroxyl groups is 1. The van der Waals surface area contributed by atoms with E-state index < -0.39 is 24.0 Å². The van der Waals surface area contributed by atoms with Gasteiger partial charge in [0.15, 0.2) is 0 Å². The first-order valence-corrected chi connectivity index (χ1v) is 6.88. The molecule has 7 nitrogen and oxygen atoms in total. The zero-order valence-corrected chi connectivity index (χ0v) is 13.1. The van der Waals surface area contributed by atoms with Crippen LogP contribution in [0.4, 0.5) is 0 Å². The minimum absolute atomic E-state index is 0.0208. The van der Waals surface area contributed by atoms with Crippen LogP contribution in [-0.4, -0.2) is 39.3 Å².